The highest BCUT2D eigenvalue weighted by Gasteiger charge is 2.22. The Kier molecular flexibility index (Phi) is 5.28. The van der Waals surface area contributed by atoms with Crippen molar-refractivity contribution in [3.63, 3.8) is 0 Å². The summed E-state index contributed by atoms with van der Waals surface area (Å²) in [5, 5.41) is 9.05. The Morgan fingerprint density at radius 2 is 1.92 bits per heavy atom. The lowest BCUT2D eigenvalue weighted by atomic mass is 10.1. The molecule has 0 radical (unpaired) electrons. The number of hydrogen-bond donors (Lipinski definition) is 1. The third-order valence-electron chi connectivity index (χ3n) is 4.30. The van der Waals surface area contributed by atoms with E-state index < -0.39 is 17.6 Å². The van der Waals surface area contributed by atoms with E-state index in [0.29, 0.717) is 6.54 Å². The summed E-state index contributed by atoms with van der Waals surface area (Å²) in [7, 11) is 0. The van der Waals surface area contributed by atoms with Crippen molar-refractivity contribution in [1.29, 1.82) is 0 Å². The Hall–Kier alpha value is -2.47. The van der Waals surface area contributed by atoms with Crippen LogP contribution < -0.4 is 4.74 Å². The summed E-state index contributed by atoms with van der Waals surface area (Å²) < 4.78 is 32.2. The maximum Gasteiger partial charge on any atom is 0.335 e. The van der Waals surface area contributed by atoms with Crippen molar-refractivity contribution in [2.24, 2.45) is 0 Å². The molecule has 0 aliphatic carbocycles. The molecule has 0 bridgehead atoms. The lowest BCUT2D eigenvalue weighted by Gasteiger charge is -2.32. The summed E-state index contributed by atoms with van der Waals surface area (Å²) >= 11 is 0. The highest BCUT2D eigenvalue weighted by atomic mass is 19.1. The second kappa shape index (κ2) is 7.61. The van der Waals surface area contributed by atoms with E-state index in [2.05, 4.69) is 4.90 Å². The van der Waals surface area contributed by atoms with Crippen LogP contribution in [0.1, 0.15) is 28.8 Å². The van der Waals surface area contributed by atoms with E-state index in [1.165, 1.54) is 12.1 Å². The predicted molar refractivity (Wildman–Crippen MR) is 88.7 cm³/mol. The minimum atomic E-state index is -0.935. The molecule has 1 aliphatic heterocycles. The smallest absolute Gasteiger partial charge is 0.335 e. The average molecular weight is 347 g/mol. The zero-order chi connectivity index (χ0) is 17.8. The summed E-state index contributed by atoms with van der Waals surface area (Å²) in [6.45, 7) is 2.20. The first-order valence-corrected chi connectivity index (χ1v) is 8.17. The van der Waals surface area contributed by atoms with E-state index in [4.69, 9.17) is 9.84 Å². The van der Waals surface area contributed by atoms with Crippen molar-refractivity contribution in [3.8, 4) is 5.75 Å². The van der Waals surface area contributed by atoms with Gasteiger partial charge in [-0.3, -0.25) is 4.90 Å². The third kappa shape index (κ3) is 4.54. The molecule has 2 aromatic carbocycles. The molecule has 0 unspecified atom stereocenters. The molecule has 3 rings (SSSR count). The molecule has 25 heavy (non-hydrogen) atoms. The van der Waals surface area contributed by atoms with Gasteiger partial charge in [-0.1, -0.05) is 12.1 Å². The van der Waals surface area contributed by atoms with E-state index in [-0.39, 0.29) is 17.4 Å². The Bertz CT molecular complexity index is 758. The van der Waals surface area contributed by atoms with Crippen LogP contribution >= 0.6 is 0 Å². The molecule has 0 saturated carbocycles. The van der Waals surface area contributed by atoms with Crippen LogP contribution in [0.15, 0.2) is 42.5 Å². The molecule has 1 N–H and O–H groups in total. The fourth-order valence-electron chi connectivity index (χ4n) is 3.00. The molecule has 1 heterocycles. The Morgan fingerprint density at radius 3 is 2.60 bits per heavy atom. The number of carboxylic acid groups (broad SMARTS) is 1. The molecule has 2 aromatic rings. The maximum atomic E-state index is 13.6. The minimum Gasteiger partial charge on any atom is -0.487 e. The largest absolute Gasteiger partial charge is 0.487 e. The first-order chi connectivity index (χ1) is 12.0. The Morgan fingerprint density at radius 1 is 1.16 bits per heavy atom. The third-order valence-corrected chi connectivity index (χ3v) is 4.30. The van der Waals surface area contributed by atoms with Crippen molar-refractivity contribution in [2.75, 3.05) is 13.1 Å². The van der Waals surface area contributed by atoms with Gasteiger partial charge in [-0.15, -0.1) is 0 Å². The number of rotatable bonds is 5. The standard InChI is InChI=1S/C19H19F2NO3/c20-15-4-5-18(17(21)11-15)25-16-6-8-22(9-7-16)12-13-2-1-3-14(10-13)19(23)24/h1-5,10-11,16H,6-9,12H2,(H,23,24). The monoisotopic (exact) mass is 347 g/mol. The highest BCUT2D eigenvalue weighted by molar-refractivity contribution is 5.87. The van der Waals surface area contributed by atoms with Crippen molar-refractivity contribution >= 4 is 5.97 Å². The number of likely N-dealkylation sites (tertiary alicyclic amines) is 1. The van der Waals surface area contributed by atoms with Gasteiger partial charge in [-0.25, -0.2) is 13.6 Å². The molecular weight excluding hydrogens is 328 g/mol. The van der Waals surface area contributed by atoms with Gasteiger partial charge in [-0.05, 0) is 42.7 Å². The van der Waals surface area contributed by atoms with Crippen LogP contribution in [-0.2, 0) is 6.54 Å². The summed E-state index contributed by atoms with van der Waals surface area (Å²) in [6, 6.07) is 10.2. The van der Waals surface area contributed by atoms with Crippen LogP contribution in [-0.4, -0.2) is 35.2 Å². The fourth-order valence-corrected chi connectivity index (χ4v) is 3.00. The van der Waals surface area contributed by atoms with Gasteiger partial charge in [0, 0.05) is 25.7 Å². The number of ether oxygens (including phenoxy) is 1. The van der Waals surface area contributed by atoms with E-state index in [1.54, 1.807) is 18.2 Å². The van der Waals surface area contributed by atoms with Gasteiger partial charge in [0.05, 0.1) is 5.56 Å². The van der Waals surface area contributed by atoms with Crippen LogP contribution in [0.4, 0.5) is 8.78 Å². The topological polar surface area (TPSA) is 49.8 Å². The highest BCUT2D eigenvalue weighted by Crippen LogP contribution is 2.23. The lowest BCUT2D eigenvalue weighted by molar-refractivity contribution is 0.0696. The molecule has 0 aromatic heterocycles. The van der Waals surface area contributed by atoms with Gasteiger partial charge in [0.1, 0.15) is 11.9 Å². The molecular formula is C19H19F2NO3. The zero-order valence-corrected chi connectivity index (χ0v) is 13.6. The zero-order valence-electron chi connectivity index (χ0n) is 13.6. The quantitative estimate of drug-likeness (QED) is 0.896. The maximum absolute atomic E-state index is 13.6. The molecule has 0 spiro atoms. The minimum absolute atomic E-state index is 0.0778. The predicted octanol–water partition coefficient (Wildman–Crippen LogP) is 3.71. The van der Waals surface area contributed by atoms with Gasteiger partial charge < -0.3 is 9.84 Å². The van der Waals surface area contributed by atoms with Crippen LogP contribution in [0.2, 0.25) is 0 Å². The molecule has 4 nitrogen and oxygen atoms in total. The molecule has 6 heteroatoms. The number of hydrogen-bond acceptors (Lipinski definition) is 3. The second-order valence-corrected chi connectivity index (χ2v) is 6.17. The average Bonchev–Trinajstić information content (AvgIpc) is 2.59. The SMILES string of the molecule is O=C(O)c1cccc(CN2CCC(Oc3ccc(F)cc3F)CC2)c1. The lowest BCUT2D eigenvalue weighted by Crippen LogP contribution is -2.37. The summed E-state index contributed by atoms with van der Waals surface area (Å²) in [5.74, 6) is -2.17. The number of benzene rings is 2. The van der Waals surface area contributed by atoms with E-state index in [9.17, 15) is 13.6 Å². The molecule has 1 saturated heterocycles. The number of halogens is 2. The number of piperidine rings is 1. The molecule has 1 aliphatic rings. The molecule has 1 fully saturated rings. The molecule has 0 atom stereocenters. The van der Waals surface area contributed by atoms with E-state index in [1.807, 2.05) is 6.07 Å². The van der Waals surface area contributed by atoms with Gasteiger partial charge in [0.15, 0.2) is 11.6 Å². The van der Waals surface area contributed by atoms with Crippen LogP contribution in [0, 0.1) is 11.6 Å². The van der Waals surface area contributed by atoms with Crippen LogP contribution in [0.5, 0.6) is 5.75 Å². The molecule has 0 amide bonds. The van der Waals surface area contributed by atoms with Gasteiger partial charge in [-0.2, -0.15) is 0 Å². The first-order valence-electron chi connectivity index (χ1n) is 8.17. The Labute approximate surface area is 144 Å². The van der Waals surface area contributed by atoms with Crippen molar-refractivity contribution in [2.45, 2.75) is 25.5 Å². The number of carbonyl (C=O) groups is 1. The van der Waals surface area contributed by atoms with Crippen molar-refractivity contribution < 1.29 is 23.4 Å². The van der Waals surface area contributed by atoms with Crippen molar-refractivity contribution in [1.82, 2.24) is 4.90 Å². The number of carboxylic acids is 1. The fraction of sp³-hybridized carbons (Fsp3) is 0.316. The Balaban J connectivity index is 1.53. The number of nitrogens with zero attached hydrogens (tertiary/aromatic N) is 1. The van der Waals surface area contributed by atoms with Gasteiger partial charge >= 0.3 is 5.97 Å². The van der Waals surface area contributed by atoms with Crippen LogP contribution in [0.3, 0.4) is 0 Å². The number of aromatic carboxylic acids is 1. The summed E-state index contributed by atoms with van der Waals surface area (Å²) in [6.07, 6.45) is 1.35. The summed E-state index contributed by atoms with van der Waals surface area (Å²) in [4.78, 5) is 13.2. The normalized spacial score (nSPS) is 15.9. The van der Waals surface area contributed by atoms with Crippen molar-refractivity contribution in [3.05, 3.63) is 65.2 Å². The van der Waals surface area contributed by atoms with Gasteiger partial charge in [0.25, 0.3) is 0 Å². The van der Waals surface area contributed by atoms with E-state index >= 15 is 0 Å². The second-order valence-electron chi connectivity index (χ2n) is 6.17. The first kappa shape index (κ1) is 17.4. The summed E-state index contributed by atoms with van der Waals surface area (Å²) in [5.41, 5.74) is 1.23. The van der Waals surface area contributed by atoms with E-state index in [0.717, 1.165) is 37.6 Å². The van der Waals surface area contributed by atoms with Crippen LogP contribution in [0.25, 0.3) is 0 Å². The molecule has 132 valence electrons. The van der Waals surface area contributed by atoms with Gasteiger partial charge in [0.2, 0.25) is 0 Å².